The molecule has 1 aromatic carbocycles. The van der Waals surface area contributed by atoms with E-state index in [-0.39, 0.29) is 24.1 Å². The molecule has 0 spiro atoms. The number of nitrogens with one attached hydrogen (secondary N) is 3. The highest BCUT2D eigenvalue weighted by Crippen LogP contribution is 2.28. The third-order valence-electron chi connectivity index (χ3n) is 5.99. The largest absolute Gasteiger partial charge is 0.322 e. The summed E-state index contributed by atoms with van der Waals surface area (Å²) in [7, 11) is 0. The molecule has 2 saturated heterocycles. The molecule has 3 aliphatic rings. The topological polar surface area (TPSA) is 90.5 Å². The van der Waals surface area contributed by atoms with E-state index in [1.807, 2.05) is 18.2 Å². The lowest BCUT2D eigenvalue weighted by molar-refractivity contribution is -0.136. The minimum Gasteiger partial charge on any atom is -0.322 e. The normalized spacial score (nSPS) is 28.3. The van der Waals surface area contributed by atoms with Crippen molar-refractivity contribution >= 4 is 17.7 Å². The van der Waals surface area contributed by atoms with Gasteiger partial charge in [-0.2, -0.15) is 0 Å². The van der Waals surface area contributed by atoms with Gasteiger partial charge in [-0.15, -0.1) is 0 Å². The summed E-state index contributed by atoms with van der Waals surface area (Å²) < 4.78 is 0. The highest BCUT2D eigenvalue weighted by molar-refractivity contribution is 6.05. The lowest BCUT2D eigenvalue weighted by Gasteiger charge is -2.30. The number of fused-ring (bicyclic) bond motifs is 1. The first-order valence-electron chi connectivity index (χ1n) is 9.73. The summed E-state index contributed by atoms with van der Waals surface area (Å²) in [6.45, 7) is 5.45. The molecule has 3 atom stereocenters. The second kappa shape index (κ2) is 7.40. The molecule has 0 aromatic heterocycles. The molecule has 3 heterocycles. The number of carbonyl (C=O) groups excluding carboxylic acids is 3. The van der Waals surface area contributed by atoms with Crippen LogP contribution in [0.4, 0.5) is 0 Å². The van der Waals surface area contributed by atoms with Crippen LogP contribution in [0, 0.1) is 5.92 Å². The zero-order chi connectivity index (χ0) is 19.0. The number of rotatable bonds is 4. The third-order valence-corrected chi connectivity index (χ3v) is 5.99. The fraction of sp³-hybridized carbons (Fsp3) is 0.550. The van der Waals surface area contributed by atoms with Crippen LogP contribution in [0.25, 0.3) is 0 Å². The van der Waals surface area contributed by atoms with Crippen LogP contribution in [-0.2, 0) is 22.7 Å². The zero-order valence-corrected chi connectivity index (χ0v) is 15.6. The smallest absolute Gasteiger partial charge is 0.255 e. The van der Waals surface area contributed by atoms with Gasteiger partial charge < -0.3 is 15.5 Å². The molecule has 3 unspecified atom stereocenters. The maximum atomic E-state index is 12.9. The number of hydrogen-bond donors (Lipinski definition) is 3. The van der Waals surface area contributed by atoms with E-state index in [0.29, 0.717) is 30.5 Å². The molecule has 3 aliphatic heterocycles. The lowest BCUT2D eigenvalue weighted by Crippen LogP contribution is -2.52. The van der Waals surface area contributed by atoms with Gasteiger partial charge in [0.1, 0.15) is 6.04 Å². The fourth-order valence-electron chi connectivity index (χ4n) is 4.22. The maximum Gasteiger partial charge on any atom is 0.255 e. The van der Waals surface area contributed by atoms with Gasteiger partial charge in [0.25, 0.3) is 5.91 Å². The molecule has 2 fully saturated rings. The molecule has 144 valence electrons. The van der Waals surface area contributed by atoms with Crippen LogP contribution in [0.3, 0.4) is 0 Å². The predicted octanol–water partition coefficient (Wildman–Crippen LogP) is 0.535. The van der Waals surface area contributed by atoms with Gasteiger partial charge in [0, 0.05) is 37.7 Å². The number of hydrogen-bond acceptors (Lipinski definition) is 5. The van der Waals surface area contributed by atoms with Crippen LogP contribution in [-0.4, -0.2) is 47.8 Å². The Labute approximate surface area is 158 Å². The second-order valence-corrected chi connectivity index (χ2v) is 7.85. The molecule has 0 radical (unpaired) electrons. The van der Waals surface area contributed by atoms with E-state index >= 15 is 0 Å². The highest BCUT2D eigenvalue weighted by Gasteiger charge is 2.39. The van der Waals surface area contributed by atoms with Gasteiger partial charge >= 0.3 is 0 Å². The van der Waals surface area contributed by atoms with Crippen molar-refractivity contribution in [2.75, 3.05) is 13.1 Å². The summed E-state index contributed by atoms with van der Waals surface area (Å²) in [5.41, 5.74) is 2.69. The summed E-state index contributed by atoms with van der Waals surface area (Å²) in [6.07, 6.45) is 1.84. The Bertz CT molecular complexity index is 778. The van der Waals surface area contributed by atoms with Crippen LogP contribution in [0.15, 0.2) is 18.2 Å². The molecule has 0 bridgehead atoms. The standard InChI is InChI=1S/C20H26N4O3/c1-12-6-7-21-10-16(12)22-9-13-2-3-14-11-24(20(27)15(14)8-13)17-4-5-18(25)23-19(17)26/h2-3,8,12,16-17,21-22H,4-7,9-11H2,1H3,(H,23,25,26). The van der Waals surface area contributed by atoms with E-state index in [1.165, 1.54) is 6.42 Å². The Morgan fingerprint density at radius 2 is 2.07 bits per heavy atom. The molecule has 0 saturated carbocycles. The molecule has 3 amide bonds. The molecule has 7 nitrogen and oxygen atoms in total. The van der Waals surface area contributed by atoms with Crippen molar-refractivity contribution in [3.8, 4) is 0 Å². The summed E-state index contributed by atoms with van der Waals surface area (Å²) in [6, 6.07) is 5.85. The average molecular weight is 370 g/mol. The molecular weight excluding hydrogens is 344 g/mol. The Morgan fingerprint density at radius 3 is 2.85 bits per heavy atom. The van der Waals surface area contributed by atoms with Gasteiger partial charge in [-0.25, -0.2) is 0 Å². The number of piperidine rings is 2. The summed E-state index contributed by atoms with van der Waals surface area (Å²) >= 11 is 0. The molecule has 1 aromatic rings. The first kappa shape index (κ1) is 18.1. The van der Waals surface area contributed by atoms with Crippen molar-refractivity contribution in [1.82, 2.24) is 20.9 Å². The van der Waals surface area contributed by atoms with E-state index in [1.54, 1.807) is 4.90 Å². The molecule has 7 heteroatoms. The van der Waals surface area contributed by atoms with Crippen molar-refractivity contribution < 1.29 is 14.4 Å². The van der Waals surface area contributed by atoms with Gasteiger partial charge in [-0.05, 0) is 42.5 Å². The second-order valence-electron chi connectivity index (χ2n) is 7.85. The molecule has 27 heavy (non-hydrogen) atoms. The van der Waals surface area contributed by atoms with E-state index in [4.69, 9.17) is 0 Å². The predicted molar refractivity (Wildman–Crippen MR) is 99.8 cm³/mol. The van der Waals surface area contributed by atoms with Gasteiger partial charge in [0.2, 0.25) is 11.8 Å². The number of nitrogens with zero attached hydrogens (tertiary/aromatic N) is 1. The Balaban J connectivity index is 1.43. The first-order valence-corrected chi connectivity index (χ1v) is 9.73. The van der Waals surface area contributed by atoms with Crippen molar-refractivity contribution in [3.05, 3.63) is 34.9 Å². The lowest BCUT2D eigenvalue weighted by atomic mass is 9.94. The first-order chi connectivity index (χ1) is 13.0. The summed E-state index contributed by atoms with van der Waals surface area (Å²) in [5.74, 6) is -0.118. The quantitative estimate of drug-likeness (QED) is 0.673. The van der Waals surface area contributed by atoms with Crippen molar-refractivity contribution in [3.63, 3.8) is 0 Å². The van der Waals surface area contributed by atoms with Gasteiger partial charge in [0.15, 0.2) is 0 Å². The summed E-state index contributed by atoms with van der Waals surface area (Å²) in [4.78, 5) is 37.9. The van der Waals surface area contributed by atoms with Gasteiger partial charge in [-0.1, -0.05) is 19.1 Å². The Kier molecular flexibility index (Phi) is 4.97. The van der Waals surface area contributed by atoms with Crippen LogP contribution in [0.1, 0.15) is 47.7 Å². The number of imide groups is 1. The molecule has 4 rings (SSSR count). The van der Waals surface area contributed by atoms with Gasteiger partial charge in [-0.3, -0.25) is 19.7 Å². The highest BCUT2D eigenvalue weighted by atomic mass is 16.2. The van der Waals surface area contributed by atoms with E-state index < -0.39 is 6.04 Å². The average Bonchev–Trinajstić information content (AvgIpc) is 2.97. The van der Waals surface area contributed by atoms with Crippen molar-refractivity contribution in [2.45, 2.75) is 51.4 Å². The number of amides is 3. The Hall–Kier alpha value is -2.25. The van der Waals surface area contributed by atoms with E-state index in [9.17, 15) is 14.4 Å². The molecule has 0 aliphatic carbocycles. The zero-order valence-electron chi connectivity index (χ0n) is 15.6. The van der Waals surface area contributed by atoms with Crippen LogP contribution in [0.5, 0.6) is 0 Å². The maximum absolute atomic E-state index is 12.9. The van der Waals surface area contributed by atoms with Crippen LogP contribution in [0.2, 0.25) is 0 Å². The third kappa shape index (κ3) is 3.61. The molecular formula is C20H26N4O3. The monoisotopic (exact) mass is 370 g/mol. The van der Waals surface area contributed by atoms with E-state index in [0.717, 1.165) is 30.8 Å². The van der Waals surface area contributed by atoms with Crippen LogP contribution < -0.4 is 16.0 Å². The minimum atomic E-state index is -0.557. The van der Waals surface area contributed by atoms with Crippen molar-refractivity contribution in [2.24, 2.45) is 5.92 Å². The fourth-order valence-corrected chi connectivity index (χ4v) is 4.22. The SMILES string of the molecule is CC1CCNCC1NCc1ccc2c(c1)C(=O)N(C1CCC(=O)NC1=O)C2. The van der Waals surface area contributed by atoms with E-state index in [2.05, 4.69) is 22.9 Å². The number of carbonyl (C=O) groups is 3. The van der Waals surface area contributed by atoms with Crippen molar-refractivity contribution in [1.29, 1.82) is 0 Å². The molecule has 3 N–H and O–H groups in total. The summed E-state index contributed by atoms with van der Waals surface area (Å²) in [5, 5.41) is 9.34. The Morgan fingerprint density at radius 1 is 1.22 bits per heavy atom. The van der Waals surface area contributed by atoms with Crippen LogP contribution >= 0.6 is 0 Å². The number of benzene rings is 1. The minimum absolute atomic E-state index is 0.117. The van der Waals surface area contributed by atoms with Gasteiger partial charge in [0.05, 0.1) is 0 Å².